The number of ether oxygens (including phenoxy) is 1. The smallest absolute Gasteiger partial charge is 0.317 e. The number of anilines is 1. The Balaban J connectivity index is 1.37. The summed E-state index contributed by atoms with van der Waals surface area (Å²) in [6.07, 6.45) is 7.30. The lowest BCUT2D eigenvalue weighted by molar-refractivity contribution is 0.165. The number of piperazine rings is 1. The Morgan fingerprint density at radius 2 is 1.97 bits per heavy atom. The van der Waals surface area contributed by atoms with E-state index in [0.717, 1.165) is 18.7 Å². The number of hydrogen-bond acceptors (Lipinski definition) is 5. The quantitative estimate of drug-likeness (QED) is 0.789. The maximum Gasteiger partial charge on any atom is 0.317 e. The molecule has 1 atom stereocenters. The van der Waals surface area contributed by atoms with Gasteiger partial charge in [-0.1, -0.05) is 19.3 Å². The van der Waals surface area contributed by atoms with Crippen LogP contribution < -0.4 is 15.0 Å². The summed E-state index contributed by atoms with van der Waals surface area (Å²) in [6.45, 7) is 5.86. The highest BCUT2D eigenvalue weighted by Crippen LogP contribution is 2.27. The third-order valence-corrected chi connectivity index (χ3v) is 6.12. The van der Waals surface area contributed by atoms with Crippen molar-refractivity contribution in [1.29, 1.82) is 0 Å². The van der Waals surface area contributed by atoms with E-state index in [0.29, 0.717) is 42.9 Å². The summed E-state index contributed by atoms with van der Waals surface area (Å²) >= 11 is 0. The number of carbonyl (C=O) groups is 1. The summed E-state index contributed by atoms with van der Waals surface area (Å²) in [5, 5.41) is 3.22. The monoisotopic (exact) mass is 427 g/mol. The van der Waals surface area contributed by atoms with Crippen molar-refractivity contribution in [3.8, 4) is 11.6 Å². The van der Waals surface area contributed by atoms with Crippen LogP contribution in [0.4, 0.5) is 15.0 Å². The van der Waals surface area contributed by atoms with Gasteiger partial charge in [-0.25, -0.2) is 19.2 Å². The van der Waals surface area contributed by atoms with Crippen molar-refractivity contribution < 1.29 is 13.9 Å². The van der Waals surface area contributed by atoms with Gasteiger partial charge in [-0.05, 0) is 50.5 Å². The number of halogens is 1. The van der Waals surface area contributed by atoms with E-state index in [1.807, 2.05) is 4.90 Å². The number of hydrogen-bond donors (Lipinski definition) is 1. The van der Waals surface area contributed by atoms with E-state index in [1.54, 1.807) is 19.1 Å². The Morgan fingerprint density at radius 1 is 1.16 bits per heavy atom. The van der Waals surface area contributed by atoms with E-state index >= 15 is 0 Å². The molecule has 0 spiro atoms. The van der Waals surface area contributed by atoms with Crippen molar-refractivity contribution >= 4 is 11.8 Å². The molecule has 1 saturated heterocycles. The van der Waals surface area contributed by atoms with Crippen LogP contribution in [0.3, 0.4) is 0 Å². The van der Waals surface area contributed by atoms with Gasteiger partial charge in [0.05, 0.1) is 0 Å². The third-order valence-electron chi connectivity index (χ3n) is 6.12. The predicted octanol–water partition coefficient (Wildman–Crippen LogP) is 4.27. The van der Waals surface area contributed by atoms with Gasteiger partial charge < -0.3 is 19.9 Å². The summed E-state index contributed by atoms with van der Waals surface area (Å²) in [6, 6.07) is 6.59. The highest BCUT2D eigenvalue weighted by molar-refractivity contribution is 5.75. The van der Waals surface area contributed by atoms with E-state index < -0.39 is 0 Å². The molecule has 8 heteroatoms. The molecule has 166 valence electrons. The van der Waals surface area contributed by atoms with Gasteiger partial charge in [0.1, 0.15) is 23.7 Å². The zero-order chi connectivity index (χ0) is 21.8. The molecule has 0 bridgehead atoms. The fourth-order valence-corrected chi connectivity index (χ4v) is 4.37. The molecule has 31 heavy (non-hydrogen) atoms. The van der Waals surface area contributed by atoms with Crippen LogP contribution in [-0.4, -0.2) is 52.6 Å². The molecule has 2 fully saturated rings. The first-order chi connectivity index (χ1) is 15.0. The molecule has 1 unspecified atom stereocenters. The Labute approximate surface area is 182 Å². The van der Waals surface area contributed by atoms with Gasteiger partial charge in [0, 0.05) is 37.8 Å². The van der Waals surface area contributed by atoms with Gasteiger partial charge in [-0.2, -0.15) is 0 Å². The lowest BCUT2D eigenvalue weighted by atomic mass is 9.96. The first-order valence-electron chi connectivity index (χ1n) is 11.1. The summed E-state index contributed by atoms with van der Waals surface area (Å²) in [5.74, 6) is 1.42. The van der Waals surface area contributed by atoms with Gasteiger partial charge in [0.15, 0.2) is 0 Å². The Kier molecular flexibility index (Phi) is 6.53. The molecule has 1 aliphatic heterocycles. The van der Waals surface area contributed by atoms with Gasteiger partial charge in [0.2, 0.25) is 5.88 Å². The number of nitrogens with zero attached hydrogens (tertiary/aromatic N) is 4. The van der Waals surface area contributed by atoms with E-state index in [-0.39, 0.29) is 17.9 Å². The van der Waals surface area contributed by atoms with Crippen molar-refractivity contribution in [2.24, 2.45) is 0 Å². The van der Waals surface area contributed by atoms with Crippen molar-refractivity contribution in [2.75, 3.05) is 24.5 Å². The molecular formula is C23H30FN5O2. The van der Waals surface area contributed by atoms with Crippen LogP contribution in [0.1, 0.15) is 44.6 Å². The number of benzene rings is 1. The number of amides is 2. The minimum absolute atomic E-state index is 0.0394. The molecule has 2 heterocycles. The molecule has 2 aliphatic rings. The van der Waals surface area contributed by atoms with Gasteiger partial charge in [-0.15, -0.1) is 0 Å². The van der Waals surface area contributed by atoms with E-state index in [1.165, 1.54) is 37.7 Å². The lowest BCUT2D eigenvalue weighted by Gasteiger charge is -2.41. The van der Waals surface area contributed by atoms with Crippen LogP contribution in [-0.2, 0) is 0 Å². The van der Waals surface area contributed by atoms with Gasteiger partial charge in [-0.3, -0.25) is 0 Å². The van der Waals surface area contributed by atoms with Crippen molar-refractivity contribution in [2.45, 2.75) is 58.0 Å². The molecule has 4 rings (SSSR count). The average molecular weight is 428 g/mol. The highest BCUT2D eigenvalue weighted by Gasteiger charge is 2.29. The molecule has 0 radical (unpaired) electrons. The van der Waals surface area contributed by atoms with Gasteiger partial charge >= 0.3 is 6.03 Å². The zero-order valence-electron chi connectivity index (χ0n) is 18.2. The van der Waals surface area contributed by atoms with Crippen LogP contribution in [0, 0.1) is 12.7 Å². The minimum Gasteiger partial charge on any atom is -0.439 e. The highest BCUT2D eigenvalue weighted by atomic mass is 19.1. The third kappa shape index (κ3) is 5.24. The second-order valence-corrected chi connectivity index (χ2v) is 8.50. The summed E-state index contributed by atoms with van der Waals surface area (Å²) in [5.41, 5.74) is 0.700. The number of carbonyl (C=O) groups excluding carboxylic acids is 1. The predicted molar refractivity (Wildman–Crippen MR) is 117 cm³/mol. The van der Waals surface area contributed by atoms with Crippen molar-refractivity contribution in [3.05, 3.63) is 42.0 Å². The topological polar surface area (TPSA) is 70.6 Å². The van der Waals surface area contributed by atoms with Crippen molar-refractivity contribution in [1.82, 2.24) is 20.2 Å². The molecule has 1 aromatic heterocycles. The van der Waals surface area contributed by atoms with Crippen LogP contribution in [0.5, 0.6) is 11.6 Å². The van der Waals surface area contributed by atoms with Crippen molar-refractivity contribution in [3.63, 3.8) is 0 Å². The molecule has 7 nitrogen and oxygen atoms in total. The number of nitrogens with one attached hydrogen (secondary N) is 1. The van der Waals surface area contributed by atoms with E-state index in [9.17, 15) is 9.18 Å². The second-order valence-electron chi connectivity index (χ2n) is 8.50. The van der Waals surface area contributed by atoms with Crippen LogP contribution in [0.25, 0.3) is 0 Å². The summed E-state index contributed by atoms with van der Waals surface area (Å²) in [4.78, 5) is 25.4. The van der Waals surface area contributed by atoms with Crippen LogP contribution in [0.15, 0.2) is 30.6 Å². The Hall–Kier alpha value is -2.90. The molecule has 1 aromatic carbocycles. The van der Waals surface area contributed by atoms with E-state index in [4.69, 9.17) is 4.74 Å². The molecule has 2 aromatic rings. The standard InChI is InChI=1S/C23H30FN5O2/c1-16-12-18(24)8-9-20(16)31-22-13-21(25-15-26-22)28-10-11-29(17(2)14-28)23(30)27-19-6-4-3-5-7-19/h8-9,12-13,15,17,19H,3-7,10-11,14H2,1-2H3,(H,27,30). The molecule has 1 aliphatic carbocycles. The van der Waals surface area contributed by atoms with Crippen LogP contribution in [0.2, 0.25) is 0 Å². The number of rotatable bonds is 4. The first-order valence-corrected chi connectivity index (χ1v) is 11.1. The number of urea groups is 1. The number of aromatic nitrogens is 2. The maximum absolute atomic E-state index is 13.3. The Morgan fingerprint density at radius 3 is 2.71 bits per heavy atom. The largest absolute Gasteiger partial charge is 0.439 e. The normalized spacial score (nSPS) is 19.9. The van der Waals surface area contributed by atoms with Crippen LogP contribution >= 0.6 is 0 Å². The fourth-order valence-electron chi connectivity index (χ4n) is 4.37. The first kappa shape index (κ1) is 21.3. The van der Waals surface area contributed by atoms with Gasteiger partial charge in [0.25, 0.3) is 0 Å². The zero-order valence-corrected chi connectivity index (χ0v) is 18.2. The SMILES string of the molecule is Cc1cc(F)ccc1Oc1cc(N2CCN(C(=O)NC3CCCCC3)C(C)C2)ncn1. The average Bonchev–Trinajstić information content (AvgIpc) is 2.76. The van der Waals surface area contributed by atoms with E-state index in [2.05, 4.69) is 27.1 Å². The molecule has 2 amide bonds. The Bertz CT molecular complexity index is 919. The molecule has 1 saturated carbocycles. The molecular weight excluding hydrogens is 397 g/mol. The second kappa shape index (κ2) is 9.49. The maximum atomic E-state index is 13.3. The lowest BCUT2D eigenvalue weighted by Crippen LogP contribution is -2.58. The summed E-state index contributed by atoms with van der Waals surface area (Å²) < 4.78 is 19.2. The minimum atomic E-state index is -0.299. The number of aryl methyl sites for hydroxylation is 1. The summed E-state index contributed by atoms with van der Waals surface area (Å²) in [7, 11) is 0. The fraction of sp³-hybridized carbons (Fsp3) is 0.522. The molecule has 1 N–H and O–H groups in total.